The maximum Gasteiger partial charge on any atom is 0.308 e. The number of aliphatic carboxylic acids is 1. The minimum atomic E-state index is -0.754. The lowest BCUT2D eigenvalue weighted by atomic mass is 9.89. The number of rotatable bonds is 7. The van der Waals surface area contributed by atoms with Gasteiger partial charge in [-0.2, -0.15) is 0 Å². The molecule has 2 aromatic carbocycles. The smallest absolute Gasteiger partial charge is 0.308 e. The molecule has 28 heavy (non-hydrogen) atoms. The number of carbonyl (C=O) groups excluding carboxylic acids is 1. The zero-order valence-corrected chi connectivity index (χ0v) is 16.0. The largest absolute Gasteiger partial charge is 0.481 e. The number of nitrogens with zero attached hydrogens (tertiary/aromatic N) is 1. The van der Waals surface area contributed by atoms with E-state index in [1.165, 1.54) is 5.56 Å². The molecule has 2 aliphatic rings. The fourth-order valence-corrected chi connectivity index (χ4v) is 4.57. The summed E-state index contributed by atoms with van der Waals surface area (Å²) < 4.78 is 0. The minimum absolute atomic E-state index is 0.0826. The van der Waals surface area contributed by atoms with E-state index in [2.05, 4.69) is 24.3 Å². The van der Waals surface area contributed by atoms with Crippen molar-refractivity contribution >= 4 is 11.9 Å². The van der Waals surface area contributed by atoms with Crippen molar-refractivity contribution in [3.05, 3.63) is 71.8 Å². The van der Waals surface area contributed by atoms with Gasteiger partial charge in [-0.3, -0.25) is 9.59 Å². The summed E-state index contributed by atoms with van der Waals surface area (Å²) in [5, 5.41) is 9.58. The molecule has 2 aromatic rings. The van der Waals surface area contributed by atoms with Gasteiger partial charge in [0.2, 0.25) is 5.91 Å². The second-order valence-corrected chi connectivity index (χ2v) is 8.25. The van der Waals surface area contributed by atoms with Gasteiger partial charge in [0.05, 0.1) is 5.92 Å². The molecule has 1 aliphatic heterocycles. The van der Waals surface area contributed by atoms with Crippen LogP contribution < -0.4 is 0 Å². The van der Waals surface area contributed by atoms with Gasteiger partial charge in [0, 0.05) is 19.5 Å². The Morgan fingerprint density at radius 2 is 1.61 bits per heavy atom. The SMILES string of the molecule is O=C(O)[C@H]1CN(C(=O)CC(Cc2ccccc2)c2ccccc2)C[C@@H]1C1CC1. The summed E-state index contributed by atoms with van der Waals surface area (Å²) in [6.45, 7) is 0.968. The van der Waals surface area contributed by atoms with Crippen LogP contribution in [-0.2, 0) is 16.0 Å². The van der Waals surface area contributed by atoms with Crippen molar-refractivity contribution in [2.75, 3.05) is 13.1 Å². The summed E-state index contributed by atoms with van der Waals surface area (Å²) in [5.74, 6) is -0.353. The van der Waals surface area contributed by atoms with Crippen molar-refractivity contribution in [2.24, 2.45) is 17.8 Å². The van der Waals surface area contributed by atoms with E-state index in [0.717, 1.165) is 24.8 Å². The van der Waals surface area contributed by atoms with Crippen LogP contribution in [0.4, 0.5) is 0 Å². The summed E-state index contributed by atoms with van der Waals surface area (Å²) in [5.41, 5.74) is 2.37. The summed E-state index contributed by atoms with van der Waals surface area (Å²) in [6, 6.07) is 20.4. The van der Waals surface area contributed by atoms with Crippen LogP contribution in [0.5, 0.6) is 0 Å². The number of hydrogen-bond acceptors (Lipinski definition) is 2. The van der Waals surface area contributed by atoms with Crippen LogP contribution in [0.25, 0.3) is 0 Å². The molecule has 1 heterocycles. The molecular weight excluding hydrogens is 350 g/mol. The van der Waals surface area contributed by atoms with Gasteiger partial charge in [-0.05, 0) is 48.1 Å². The zero-order chi connectivity index (χ0) is 19.5. The average Bonchev–Trinajstić information content (AvgIpc) is 3.46. The molecule has 1 N–H and O–H groups in total. The molecule has 3 atom stereocenters. The number of likely N-dealkylation sites (tertiary alicyclic amines) is 1. The molecule has 0 radical (unpaired) electrons. The summed E-state index contributed by atoms with van der Waals surface area (Å²) >= 11 is 0. The Morgan fingerprint density at radius 3 is 2.21 bits per heavy atom. The van der Waals surface area contributed by atoms with Crippen molar-refractivity contribution in [3.8, 4) is 0 Å². The Labute approximate surface area is 166 Å². The third-order valence-electron chi connectivity index (χ3n) is 6.28. The molecule has 1 amide bonds. The van der Waals surface area contributed by atoms with Crippen molar-refractivity contribution in [3.63, 3.8) is 0 Å². The summed E-state index contributed by atoms with van der Waals surface area (Å²) in [7, 11) is 0. The molecule has 146 valence electrons. The van der Waals surface area contributed by atoms with Crippen LogP contribution in [0.15, 0.2) is 60.7 Å². The van der Waals surface area contributed by atoms with Crippen molar-refractivity contribution in [2.45, 2.75) is 31.6 Å². The maximum absolute atomic E-state index is 13.1. The number of carboxylic acid groups (broad SMARTS) is 1. The normalized spacial score (nSPS) is 22.8. The summed E-state index contributed by atoms with van der Waals surface area (Å²) in [4.78, 5) is 26.6. The molecule has 1 saturated heterocycles. The van der Waals surface area contributed by atoms with Gasteiger partial charge < -0.3 is 10.0 Å². The highest BCUT2D eigenvalue weighted by Crippen LogP contribution is 2.44. The van der Waals surface area contributed by atoms with Gasteiger partial charge in [0.1, 0.15) is 0 Å². The highest BCUT2D eigenvalue weighted by Gasteiger charge is 2.46. The quantitative estimate of drug-likeness (QED) is 0.794. The molecule has 4 nitrogen and oxygen atoms in total. The second-order valence-electron chi connectivity index (χ2n) is 8.25. The average molecular weight is 377 g/mol. The predicted molar refractivity (Wildman–Crippen MR) is 108 cm³/mol. The molecule has 0 spiro atoms. The first kappa shape index (κ1) is 18.7. The zero-order valence-electron chi connectivity index (χ0n) is 16.0. The van der Waals surface area contributed by atoms with E-state index < -0.39 is 11.9 Å². The Balaban J connectivity index is 1.48. The lowest BCUT2D eigenvalue weighted by Crippen LogP contribution is -2.31. The van der Waals surface area contributed by atoms with Crippen LogP contribution in [0, 0.1) is 17.8 Å². The Hall–Kier alpha value is -2.62. The van der Waals surface area contributed by atoms with Gasteiger partial charge >= 0.3 is 5.97 Å². The van der Waals surface area contributed by atoms with Crippen LogP contribution in [0.1, 0.15) is 36.3 Å². The van der Waals surface area contributed by atoms with Crippen LogP contribution in [0.2, 0.25) is 0 Å². The first-order valence-corrected chi connectivity index (χ1v) is 10.2. The number of amides is 1. The van der Waals surface area contributed by atoms with Crippen molar-refractivity contribution in [1.82, 2.24) is 4.90 Å². The molecule has 0 aromatic heterocycles. The third kappa shape index (κ3) is 4.27. The first-order valence-electron chi connectivity index (χ1n) is 10.2. The van der Waals surface area contributed by atoms with Gasteiger partial charge in [0.15, 0.2) is 0 Å². The molecule has 1 saturated carbocycles. The van der Waals surface area contributed by atoms with Gasteiger partial charge in [-0.1, -0.05) is 60.7 Å². The third-order valence-corrected chi connectivity index (χ3v) is 6.28. The monoisotopic (exact) mass is 377 g/mol. The van der Waals surface area contributed by atoms with Crippen LogP contribution >= 0.6 is 0 Å². The standard InChI is InChI=1S/C24H27NO3/c26-23(25-15-21(19-11-12-19)22(16-25)24(27)28)14-20(18-9-5-2-6-10-18)13-17-7-3-1-4-8-17/h1-10,19-22H,11-16H2,(H,27,28)/t20?,21-,22+/m1/s1. The number of benzene rings is 2. The van der Waals surface area contributed by atoms with Crippen molar-refractivity contribution < 1.29 is 14.7 Å². The number of hydrogen-bond donors (Lipinski definition) is 1. The Morgan fingerprint density at radius 1 is 0.964 bits per heavy atom. The molecular formula is C24H27NO3. The van der Waals surface area contributed by atoms with E-state index >= 15 is 0 Å². The predicted octanol–water partition coefficient (Wildman–Crippen LogP) is 3.97. The molecule has 2 fully saturated rings. The highest BCUT2D eigenvalue weighted by molar-refractivity contribution is 5.80. The fourth-order valence-electron chi connectivity index (χ4n) is 4.57. The maximum atomic E-state index is 13.1. The molecule has 0 bridgehead atoms. The molecule has 4 rings (SSSR count). The van der Waals surface area contributed by atoms with E-state index in [0.29, 0.717) is 25.4 Å². The lowest BCUT2D eigenvalue weighted by molar-refractivity contribution is -0.142. The van der Waals surface area contributed by atoms with E-state index in [1.807, 2.05) is 41.3 Å². The molecule has 1 aliphatic carbocycles. The highest BCUT2D eigenvalue weighted by atomic mass is 16.4. The van der Waals surface area contributed by atoms with Crippen LogP contribution in [-0.4, -0.2) is 35.0 Å². The van der Waals surface area contributed by atoms with E-state index in [4.69, 9.17) is 0 Å². The molecule has 4 heteroatoms. The number of carboxylic acids is 1. The van der Waals surface area contributed by atoms with Gasteiger partial charge in [0.25, 0.3) is 0 Å². The van der Waals surface area contributed by atoms with Gasteiger partial charge in [-0.25, -0.2) is 0 Å². The summed E-state index contributed by atoms with van der Waals surface area (Å²) in [6.07, 6.45) is 3.44. The Kier molecular flexibility index (Phi) is 5.47. The topological polar surface area (TPSA) is 57.6 Å². The fraction of sp³-hybridized carbons (Fsp3) is 0.417. The van der Waals surface area contributed by atoms with E-state index in [-0.39, 0.29) is 17.7 Å². The van der Waals surface area contributed by atoms with E-state index in [9.17, 15) is 14.7 Å². The lowest BCUT2D eigenvalue weighted by Gasteiger charge is -2.22. The van der Waals surface area contributed by atoms with Crippen molar-refractivity contribution in [1.29, 1.82) is 0 Å². The molecule has 1 unspecified atom stereocenters. The second kappa shape index (κ2) is 8.17. The minimum Gasteiger partial charge on any atom is -0.481 e. The van der Waals surface area contributed by atoms with Gasteiger partial charge in [-0.15, -0.1) is 0 Å². The van der Waals surface area contributed by atoms with Crippen LogP contribution in [0.3, 0.4) is 0 Å². The Bertz CT molecular complexity index is 816. The van der Waals surface area contributed by atoms with E-state index in [1.54, 1.807) is 0 Å². The number of carbonyl (C=O) groups is 2. The first-order chi connectivity index (χ1) is 13.6.